The topological polar surface area (TPSA) is 59.0 Å². The Bertz CT molecular complexity index is 556. The molecule has 1 N–H and O–H groups in total. The summed E-state index contributed by atoms with van der Waals surface area (Å²) < 4.78 is 10.8. The molecule has 1 aromatic carbocycles. The Balaban J connectivity index is 1.99. The predicted molar refractivity (Wildman–Crippen MR) is 88.9 cm³/mol. The van der Waals surface area contributed by atoms with Gasteiger partial charge in [0.1, 0.15) is 0 Å². The van der Waals surface area contributed by atoms with Gasteiger partial charge in [-0.25, -0.2) is 0 Å². The predicted octanol–water partition coefficient (Wildman–Crippen LogP) is 2.40. The lowest BCUT2D eigenvalue weighted by Crippen LogP contribution is -2.48. The second-order valence-electron chi connectivity index (χ2n) is 6.42. The molecule has 1 aromatic rings. The summed E-state index contributed by atoms with van der Waals surface area (Å²) in [6.45, 7) is 6.98. The standard InChI is InChI=1S/C18H27NO4/c1-5-23-14-8-6-13(12-15(14)22-4)7-9-17(21)19-11-10-16(20)18(19,2)3/h6,8,12,16,20H,5,7,9-11H2,1-4H3. The Morgan fingerprint density at radius 2 is 2.13 bits per heavy atom. The van der Waals surface area contributed by atoms with Crippen molar-refractivity contribution < 1.29 is 19.4 Å². The van der Waals surface area contributed by atoms with E-state index in [9.17, 15) is 9.90 Å². The lowest BCUT2D eigenvalue weighted by atomic mass is 9.98. The van der Waals surface area contributed by atoms with Gasteiger partial charge in [0.25, 0.3) is 0 Å². The van der Waals surface area contributed by atoms with Crippen molar-refractivity contribution in [2.24, 2.45) is 0 Å². The van der Waals surface area contributed by atoms with Crippen molar-refractivity contribution in [2.45, 2.75) is 51.7 Å². The van der Waals surface area contributed by atoms with Gasteiger partial charge in [-0.15, -0.1) is 0 Å². The van der Waals surface area contributed by atoms with Gasteiger partial charge in [0.15, 0.2) is 11.5 Å². The number of nitrogens with zero attached hydrogens (tertiary/aromatic N) is 1. The summed E-state index contributed by atoms with van der Waals surface area (Å²) >= 11 is 0. The fraction of sp³-hybridized carbons (Fsp3) is 0.611. The third-order valence-electron chi connectivity index (χ3n) is 4.59. The van der Waals surface area contributed by atoms with Gasteiger partial charge >= 0.3 is 0 Å². The Kier molecular flexibility index (Phi) is 5.52. The number of carbonyl (C=O) groups is 1. The first-order chi connectivity index (χ1) is 10.9. The maximum absolute atomic E-state index is 12.5. The highest BCUT2D eigenvalue weighted by Gasteiger charge is 2.42. The molecule has 1 atom stereocenters. The van der Waals surface area contributed by atoms with Crippen LogP contribution < -0.4 is 9.47 Å². The number of methoxy groups -OCH3 is 1. The van der Waals surface area contributed by atoms with Gasteiger partial charge in [0.05, 0.1) is 25.4 Å². The lowest BCUT2D eigenvalue weighted by molar-refractivity contribution is -0.136. The number of carbonyl (C=O) groups excluding carboxylic acids is 1. The van der Waals surface area contributed by atoms with Gasteiger partial charge < -0.3 is 19.5 Å². The molecule has 0 spiro atoms. The zero-order valence-corrected chi connectivity index (χ0v) is 14.5. The molecule has 0 aromatic heterocycles. The molecular formula is C18H27NO4. The first-order valence-electron chi connectivity index (χ1n) is 8.18. The molecule has 1 amide bonds. The molecule has 1 aliphatic heterocycles. The van der Waals surface area contributed by atoms with E-state index in [4.69, 9.17) is 9.47 Å². The smallest absolute Gasteiger partial charge is 0.223 e. The van der Waals surface area contributed by atoms with E-state index in [2.05, 4.69) is 0 Å². The van der Waals surface area contributed by atoms with Crippen molar-refractivity contribution in [3.05, 3.63) is 23.8 Å². The largest absolute Gasteiger partial charge is 0.493 e. The summed E-state index contributed by atoms with van der Waals surface area (Å²) in [5, 5.41) is 9.99. The third kappa shape index (κ3) is 3.78. The average molecular weight is 321 g/mol. The maximum Gasteiger partial charge on any atom is 0.223 e. The maximum atomic E-state index is 12.5. The molecule has 1 heterocycles. The SMILES string of the molecule is CCOc1ccc(CCC(=O)N2CCC(O)C2(C)C)cc1OC. The monoisotopic (exact) mass is 321 g/mol. The summed E-state index contributed by atoms with van der Waals surface area (Å²) in [5.74, 6) is 1.49. The van der Waals surface area contributed by atoms with Gasteiger partial charge in [-0.1, -0.05) is 6.07 Å². The molecule has 0 saturated carbocycles. The van der Waals surface area contributed by atoms with E-state index >= 15 is 0 Å². The Morgan fingerprint density at radius 1 is 1.39 bits per heavy atom. The van der Waals surface area contributed by atoms with Crippen molar-refractivity contribution >= 4 is 5.91 Å². The fourth-order valence-electron chi connectivity index (χ4n) is 3.05. The van der Waals surface area contributed by atoms with Gasteiger partial charge in [-0.2, -0.15) is 0 Å². The van der Waals surface area contributed by atoms with Crippen LogP contribution >= 0.6 is 0 Å². The molecule has 0 bridgehead atoms. The summed E-state index contributed by atoms with van der Waals surface area (Å²) in [6.07, 6.45) is 1.27. The number of aliphatic hydroxyl groups is 1. The van der Waals surface area contributed by atoms with E-state index in [1.54, 1.807) is 12.0 Å². The molecule has 2 rings (SSSR count). The number of amides is 1. The minimum absolute atomic E-state index is 0.0828. The molecule has 1 aliphatic rings. The van der Waals surface area contributed by atoms with Gasteiger partial charge in [-0.05, 0) is 51.3 Å². The van der Waals surface area contributed by atoms with Crippen LogP contribution in [0.4, 0.5) is 0 Å². The highest BCUT2D eigenvalue weighted by Crippen LogP contribution is 2.31. The fourth-order valence-corrected chi connectivity index (χ4v) is 3.05. The Labute approximate surface area is 138 Å². The first-order valence-corrected chi connectivity index (χ1v) is 8.18. The molecule has 128 valence electrons. The third-order valence-corrected chi connectivity index (χ3v) is 4.59. The van der Waals surface area contributed by atoms with Gasteiger partial charge in [-0.3, -0.25) is 4.79 Å². The molecule has 1 fully saturated rings. The minimum atomic E-state index is -0.479. The second kappa shape index (κ2) is 7.21. The first kappa shape index (κ1) is 17.6. The van der Waals surface area contributed by atoms with E-state index in [1.807, 2.05) is 39.0 Å². The van der Waals surface area contributed by atoms with Crippen molar-refractivity contribution in [3.8, 4) is 11.5 Å². The van der Waals surface area contributed by atoms with Crippen molar-refractivity contribution in [2.75, 3.05) is 20.3 Å². The van der Waals surface area contributed by atoms with Crippen LogP contribution in [0.2, 0.25) is 0 Å². The Hall–Kier alpha value is -1.75. The molecule has 5 heteroatoms. The zero-order chi connectivity index (χ0) is 17.0. The van der Waals surface area contributed by atoms with Gasteiger partial charge in [0, 0.05) is 13.0 Å². The molecule has 23 heavy (non-hydrogen) atoms. The van der Waals surface area contributed by atoms with Crippen molar-refractivity contribution in [3.63, 3.8) is 0 Å². The van der Waals surface area contributed by atoms with Crippen LogP contribution in [0.3, 0.4) is 0 Å². The number of likely N-dealkylation sites (tertiary alicyclic amines) is 1. The number of aliphatic hydroxyl groups excluding tert-OH is 1. The molecule has 0 radical (unpaired) electrons. The van der Waals surface area contributed by atoms with E-state index in [0.717, 1.165) is 5.56 Å². The van der Waals surface area contributed by atoms with Crippen LogP contribution in [-0.4, -0.2) is 47.8 Å². The number of hydrogen-bond donors (Lipinski definition) is 1. The highest BCUT2D eigenvalue weighted by atomic mass is 16.5. The number of benzene rings is 1. The number of rotatable bonds is 6. The van der Waals surface area contributed by atoms with E-state index < -0.39 is 11.6 Å². The van der Waals surface area contributed by atoms with E-state index in [-0.39, 0.29) is 5.91 Å². The van der Waals surface area contributed by atoms with Crippen LogP contribution in [0.15, 0.2) is 18.2 Å². The molecule has 1 saturated heterocycles. The summed E-state index contributed by atoms with van der Waals surface area (Å²) in [5.41, 5.74) is 0.560. The Morgan fingerprint density at radius 3 is 2.70 bits per heavy atom. The molecule has 1 unspecified atom stereocenters. The molecular weight excluding hydrogens is 294 g/mol. The normalized spacial score (nSPS) is 19.7. The number of aryl methyl sites for hydroxylation is 1. The van der Waals surface area contributed by atoms with Crippen LogP contribution in [0.25, 0.3) is 0 Å². The quantitative estimate of drug-likeness (QED) is 0.874. The number of hydrogen-bond acceptors (Lipinski definition) is 4. The van der Waals surface area contributed by atoms with Gasteiger partial charge in [0.2, 0.25) is 5.91 Å². The van der Waals surface area contributed by atoms with Crippen LogP contribution in [0.5, 0.6) is 11.5 Å². The second-order valence-corrected chi connectivity index (χ2v) is 6.42. The summed E-state index contributed by atoms with van der Waals surface area (Å²) in [6, 6.07) is 5.76. The minimum Gasteiger partial charge on any atom is -0.493 e. The van der Waals surface area contributed by atoms with Crippen LogP contribution in [0.1, 0.15) is 39.2 Å². The van der Waals surface area contributed by atoms with Crippen LogP contribution in [-0.2, 0) is 11.2 Å². The zero-order valence-electron chi connectivity index (χ0n) is 14.5. The highest BCUT2D eigenvalue weighted by molar-refractivity contribution is 5.77. The average Bonchev–Trinajstić information content (AvgIpc) is 2.80. The van der Waals surface area contributed by atoms with Crippen LogP contribution in [0, 0.1) is 0 Å². The summed E-state index contributed by atoms with van der Waals surface area (Å²) in [4.78, 5) is 14.3. The number of ether oxygens (including phenoxy) is 2. The molecule has 0 aliphatic carbocycles. The summed E-state index contributed by atoms with van der Waals surface area (Å²) in [7, 11) is 1.61. The van der Waals surface area contributed by atoms with Crippen molar-refractivity contribution in [1.82, 2.24) is 4.90 Å². The lowest BCUT2D eigenvalue weighted by Gasteiger charge is -2.33. The van der Waals surface area contributed by atoms with E-state index in [0.29, 0.717) is 43.9 Å². The van der Waals surface area contributed by atoms with E-state index in [1.165, 1.54) is 0 Å². The van der Waals surface area contributed by atoms with Crippen molar-refractivity contribution in [1.29, 1.82) is 0 Å². The molecule has 5 nitrogen and oxygen atoms in total.